The van der Waals surface area contributed by atoms with Crippen molar-refractivity contribution in [2.24, 2.45) is 5.92 Å². The topological polar surface area (TPSA) is 64.6 Å². The number of halogens is 1. The third kappa shape index (κ3) is 6.35. The van der Waals surface area contributed by atoms with Gasteiger partial charge in [0.05, 0.1) is 25.2 Å². The fourth-order valence-corrected chi connectivity index (χ4v) is 2.10. The van der Waals surface area contributed by atoms with Gasteiger partial charge in [-0.15, -0.1) is 0 Å². The van der Waals surface area contributed by atoms with E-state index in [9.17, 15) is 9.59 Å². The molecule has 1 unspecified atom stereocenters. The molecule has 0 aliphatic heterocycles. The molecule has 0 saturated carbocycles. The first-order valence-corrected chi connectivity index (χ1v) is 7.56. The fourth-order valence-electron chi connectivity index (χ4n) is 1.91. The molecule has 0 bridgehead atoms. The Labute approximate surface area is 135 Å². The summed E-state index contributed by atoms with van der Waals surface area (Å²) in [6.07, 6.45) is 0.667. The highest BCUT2D eigenvalue weighted by Gasteiger charge is 2.22. The van der Waals surface area contributed by atoms with Crippen LogP contribution in [0, 0.1) is 5.92 Å². The smallest absolute Gasteiger partial charge is 0.328 e. The van der Waals surface area contributed by atoms with E-state index in [-0.39, 0.29) is 24.9 Å². The number of esters is 1. The van der Waals surface area contributed by atoms with Crippen molar-refractivity contribution in [2.45, 2.75) is 32.7 Å². The average molecular weight is 328 g/mol. The lowest BCUT2D eigenvalue weighted by Gasteiger charge is -2.18. The maximum atomic E-state index is 11.9. The molecule has 0 aliphatic carbocycles. The van der Waals surface area contributed by atoms with Gasteiger partial charge >= 0.3 is 5.97 Å². The van der Waals surface area contributed by atoms with Crippen molar-refractivity contribution in [1.82, 2.24) is 5.32 Å². The van der Waals surface area contributed by atoms with E-state index >= 15 is 0 Å². The van der Waals surface area contributed by atoms with Crippen LogP contribution in [0.2, 0.25) is 5.02 Å². The molecule has 1 atom stereocenters. The van der Waals surface area contributed by atoms with Crippen LogP contribution < -0.4 is 10.1 Å². The number of para-hydroxylation sites is 1. The predicted molar refractivity (Wildman–Crippen MR) is 85.0 cm³/mol. The van der Waals surface area contributed by atoms with Crippen LogP contribution in [0.15, 0.2) is 24.3 Å². The molecule has 0 radical (unpaired) electrons. The Kier molecular flexibility index (Phi) is 7.74. The Bertz CT molecular complexity index is 505. The summed E-state index contributed by atoms with van der Waals surface area (Å²) in [5.74, 6) is 0.101. The summed E-state index contributed by atoms with van der Waals surface area (Å²) >= 11 is 5.95. The summed E-state index contributed by atoms with van der Waals surface area (Å²) in [7, 11) is 1.31. The van der Waals surface area contributed by atoms with Crippen molar-refractivity contribution in [3.05, 3.63) is 29.3 Å². The molecule has 0 fully saturated rings. The quantitative estimate of drug-likeness (QED) is 0.746. The van der Waals surface area contributed by atoms with Gasteiger partial charge < -0.3 is 14.8 Å². The molecule has 22 heavy (non-hydrogen) atoms. The van der Waals surface area contributed by atoms with Crippen molar-refractivity contribution < 1.29 is 19.1 Å². The maximum Gasteiger partial charge on any atom is 0.328 e. The van der Waals surface area contributed by atoms with Crippen LogP contribution in [0.25, 0.3) is 0 Å². The van der Waals surface area contributed by atoms with E-state index in [1.54, 1.807) is 24.3 Å². The fraction of sp³-hybridized carbons (Fsp3) is 0.500. The monoisotopic (exact) mass is 327 g/mol. The lowest BCUT2D eigenvalue weighted by molar-refractivity contribution is -0.145. The molecule has 1 rings (SSSR count). The summed E-state index contributed by atoms with van der Waals surface area (Å²) in [6, 6.07) is 6.42. The second kappa shape index (κ2) is 9.30. The van der Waals surface area contributed by atoms with E-state index < -0.39 is 12.0 Å². The second-order valence-corrected chi connectivity index (χ2v) is 5.71. The largest absolute Gasteiger partial charge is 0.491 e. The Morgan fingerprint density at radius 1 is 1.27 bits per heavy atom. The molecule has 0 saturated heterocycles. The zero-order valence-electron chi connectivity index (χ0n) is 13.1. The molecule has 6 heteroatoms. The van der Waals surface area contributed by atoms with Gasteiger partial charge in [0.2, 0.25) is 5.91 Å². The molecular formula is C16H22ClNO4. The molecule has 0 aliphatic rings. The highest BCUT2D eigenvalue weighted by molar-refractivity contribution is 6.32. The Morgan fingerprint density at radius 3 is 2.55 bits per heavy atom. The zero-order chi connectivity index (χ0) is 16.5. The summed E-state index contributed by atoms with van der Waals surface area (Å²) < 4.78 is 10.1. The number of carbonyl (C=O) groups excluding carboxylic acids is 2. The molecule has 1 aromatic carbocycles. The highest BCUT2D eigenvalue weighted by atomic mass is 35.5. The molecule has 5 nitrogen and oxygen atoms in total. The average Bonchev–Trinajstić information content (AvgIpc) is 2.47. The summed E-state index contributed by atoms with van der Waals surface area (Å²) in [5, 5.41) is 3.17. The number of benzene rings is 1. The number of carbonyl (C=O) groups is 2. The number of nitrogens with one attached hydrogen (secondary N) is 1. The van der Waals surface area contributed by atoms with Gasteiger partial charge in [-0.3, -0.25) is 4.79 Å². The third-order valence-corrected chi connectivity index (χ3v) is 3.26. The SMILES string of the molecule is COC(=O)C(CC(C)C)NC(=O)CCOc1ccccc1Cl. The molecule has 0 aromatic heterocycles. The first kappa shape index (κ1) is 18.3. The van der Waals surface area contributed by atoms with E-state index in [2.05, 4.69) is 5.32 Å². The Hall–Kier alpha value is -1.75. The second-order valence-electron chi connectivity index (χ2n) is 5.30. The van der Waals surface area contributed by atoms with Crippen LogP contribution in [0.1, 0.15) is 26.7 Å². The first-order valence-electron chi connectivity index (χ1n) is 7.18. The zero-order valence-corrected chi connectivity index (χ0v) is 13.9. The van der Waals surface area contributed by atoms with Crippen molar-refractivity contribution in [2.75, 3.05) is 13.7 Å². The van der Waals surface area contributed by atoms with E-state index in [0.29, 0.717) is 17.2 Å². The standard InChI is InChI=1S/C16H22ClNO4/c1-11(2)10-13(16(20)21-3)18-15(19)8-9-22-14-7-5-4-6-12(14)17/h4-7,11,13H,8-10H2,1-3H3,(H,18,19). The Balaban J connectivity index is 2.43. The lowest BCUT2D eigenvalue weighted by atomic mass is 10.0. The predicted octanol–water partition coefficient (Wildman–Crippen LogP) is 2.81. The number of rotatable bonds is 8. The number of amides is 1. The van der Waals surface area contributed by atoms with Crippen molar-refractivity contribution in [3.8, 4) is 5.75 Å². The normalized spacial score (nSPS) is 11.9. The van der Waals surface area contributed by atoms with Crippen LogP contribution in [-0.2, 0) is 14.3 Å². The Morgan fingerprint density at radius 2 is 1.95 bits per heavy atom. The van der Waals surface area contributed by atoms with E-state index in [0.717, 1.165) is 0 Å². The summed E-state index contributed by atoms with van der Waals surface area (Å²) in [5.41, 5.74) is 0. The molecule has 0 spiro atoms. The molecule has 1 N–H and O–H groups in total. The first-order chi connectivity index (χ1) is 10.4. The molecule has 122 valence electrons. The van der Waals surface area contributed by atoms with E-state index in [1.807, 2.05) is 13.8 Å². The molecule has 1 amide bonds. The van der Waals surface area contributed by atoms with Crippen LogP contribution >= 0.6 is 11.6 Å². The van der Waals surface area contributed by atoms with Gasteiger partial charge in [0.25, 0.3) is 0 Å². The number of methoxy groups -OCH3 is 1. The minimum Gasteiger partial charge on any atom is -0.491 e. The van der Waals surface area contributed by atoms with Gasteiger partial charge in [0.1, 0.15) is 11.8 Å². The number of hydrogen-bond acceptors (Lipinski definition) is 4. The van der Waals surface area contributed by atoms with Crippen molar-refractivity contribution >= 4 is 23.5 Å². The molecule has 1 aromatic rings. The van der Waals surface area contributed by atoms with Crippen molar-refractivity contribution in [3.63, 3.8) is 0 Å². The van der Waals surface area contributed by atoms with Gasteiger partial charge in [-0.1, -0.05) is 37.6 Å². The van der Waals surface area contributed by atoms with Crippen LogP contribution in [0.3, 0.4) is 0 Å². The van der Waals surface area contributed by atoms with Crippen LogP contribution in [0.4, 0.5) is 0 Å². The number of hydrogen-bond donors (Lipinski definition) is 1. The number of ether oxygens (including phenoxy) is 2. The minimum absolute atomic E-state index is 0.136. The van der Waals surface area contributed by atoms with E-state index in [4.69, 9.17) is 21.1 Å². The minimum atomic E-state index is -0.627. The van der Waals surface area contributed by atoms with Crippen LogP contribution in [-0.4, -0.2) is 31.6 Å². The third-order valence-electron chi connectivity index (χ3n) is 2.95. The maximum absolute atomic E-state index is 11.9. The molecule has 0 heterocycles. The van der Waals surface area contributed by atoms with Crippen LogP contribution in [0.5, 0.6) is 5.75 Å². The van der Waals surface area contributed by atoms with Crippen molar-refractivity contribution in [1.29, 1.82) is 0 Å². The van der Waals surface area contributed by atoms with Gasteiger partial charge in [0.15, 0.2) is 0 Å². The van der Waals surface area contributed by atoms with Gasteiger partial charge in [0, 0.05) is 0 Å². The summed E-state index contributed by atoms with van der Waals surface area (Å²) in [6.45, 7) is 4.14. The van der Waals surface area contributed by atoms with E-state index in [1.165, 1.54) is 7.11 Å². The van der Waals surface area contributed by atoms with Gasteiger partial charge in [-0.05, 0) is 24.5 Å². The van der Waals surface area contributed by atoms with Gasteiger partial charge in [-0.2, -0.15) is 0 Å². The lowest BCUT2D eigenvalue weighted by Crippen LogP contribution is -2.42. The summed E-state index contributed by atoms with van der Waals surface area (Å²) in [4.78, 5) is 23.5. The highest BCUT2D eigenvalue weighted by Crippen LogP contribution is 2.23. The van der Waals surface area contributed by atoms with Gasteiger partial charge in [-0.25, -0.2) is 4.79 Å². The molecular weight excluding hydrogens is 306 g/mol.